The van der Waals surface area contributed by atoms with Gasteiger partial charge in [0.25, 0.3) is 5.56 Å². The molecule has 26 heavy (non-hydrogen) atoms. The lowest BCUT2D eigenvalue weighted by molar-refractivity contribution is 0.865. The molecule has 0 fully saturated rings. The Balaban J connectivity index is 1.72. The fourth-order valence-corrected chi connectivity index (χ4v) is 3.42. The third-order valence-electron chi connectivity index (χ3n) is 4.80. The highest BCUT2D eigenvalue weighted by Gasteiger charge is 2.09. The van der Waals surface area contributed by atoms with E-state index >= 15 is 0 Å². The van der Waals surface area contributed by atoms with Crippen molar-refractivity contribution in [2.75, 3.05) is 0 Å². The van der Waals surface area contributed by atoms with Crippen LogP contribution >= 0.6 is 0 Å². The Morgan fingerprint density at radius 3 is 2.73 bits per heavy atom. The second-order valence-electron chi connectivity index (χ2n) is 6.41. The van der Waals surface area contributed by atoms with E-state index in [1.807, 2.05) is 16.8 Å². The van der Waals surface area contributed by atoms with E-state index in [0.717, 1.165) is 33.5 Å². The third-order valence-corrected chi connectivity index (χ3v) is 4.80. The molecule has 0 radical (unpaired) electrons. The molecule has 5 rings (SSSR count). The average molecular weight is 340 g/mol. The molecule has 0 aliphatic rings. The lowest BCUT2D eigenvalue weighted by Crippen LogP contribution is -2.16. The first-order chi connectivity index (χ1) is 12.7. The van der Waals surface area contributed by atoms with Crippen molar-refractivity contribution in [3.8, 4) is 16.8 Å². The number of benzene rings is 2. The minimum absolute atomic E-state index is 0.132. The molecule has 0 saturated heterocycles. The van der Waals surface area contributed by atoms with Gasteiger partial charge in [-0.2, -0.15) is 9.61 Å². The first-order valence-electron chi connectivity index (χ1n) is 8.45. The first kappa shape index (κ1) is 14.7. The SMILES string of the molecule is Cc1ccc(-c2ccc3[nH]ccc3c2)cc1-n1ccc(=O)n2nccc12. The van der Waals surface area contributed by atoms with Gasteiger partial charge in [0.1, 0.15) is 5.65 Å². The molecule has 1 N–H and O–H groups in total. The molecular weight excluding hydrogens is 324 g/mol. The predicted molar refractivity (Wildman–Crippen MR) is 103 cm³/mol. The Bertz CT molecular complexity index is 1320. The van der Waals surface area contributed by atoms with Crippen LogP contribution in [0.25, 0.3) is 33.4 Å². The second-order valence-corrected chi connectivity index (χ2v) is 6.41. The number of aromatic nitrogens is 4. The minimum atomic E-state index is -0.132. The van der Waals surface area contributed by atoms with Crippen molar-refractivity contribution in [3.63, 3.8) is 0 Å². The maximum atomic E-state index is 12.0. The van der Waals surface area contributed by atoms with E-state index in [4.69, 9.17) is 0 Å². The lowest BCUT2D eigenvalue weighted by Gasteiger charge is -2.13. The van der Waals surface area contributed by atoms with Gasteiger partial charge in [-0.25, -0.2) is 0 Å². The van der Waals surface area contributed by atoms with E-state index in [2.05, 4.69) is 59.5 Å². The van der Waals surface area contributed by atoms with Crippen LogP contribution in [0.1, 0.15) is 5.56 Å². The summed E-state index contributed by atoms with van der Waals surface area (Å²) in [7, 11) is 0. The van der Waals surface area contributed by atoms with E-state index < -0.39 is 0 Å². The normalized spacial score (nSPS) is 11.4. The van der Waals surface area contributed by atoms with Gasteiger partial charge in [-0.3, -0.25) is 4.79 Å². The Kier molecular flexibility index (Phi) is 3.09. The molecule has 0 aliphatic carbocycles. The van der Waals surface area contributed by atoms with Gasteiger partial charge in [0.2, 0.25) is 0 Å². The maximum Gasteiger partial charge on any atom is 0.274 e. The van der Waals surface area contributed by atoms with Gasteiger partial charge in [0.05, 0.1) is 11.9 Å². The van der Waals surface area contributed by atoms with Crippen molar-refractivity contribution in [1.29, 1.82) is 0 Å². The number of nitrogens with zero attached hydrogens (tertiary/aromatic N) is 3. The van der Waals surface area contributed by atoms with Gasteiger partial charge in [-0.05, 0) is 53.3 Å². The molecule has 126 valence electrons. The van der Waals surface area contributed by atoms with Crippen LogP contribution in [0.4, 0.5) is 0 Å². The third kappa shape index (κ3) is 2.18. The van der Waals surface area contributed by atoms with Crippen LogP contribution in [0.3, 0.4) is 0 Å². The molecule has 0 aliphatic heterocycles. The molecule has 0 spiro atoms. The molecule has 3 heterocycles. The van der Waals surface area contributed by atoms with E-state index in [1.165, 1.54) is 16.0 Å². The number of aryl methyl sites for hydroxylation is 1. The van der Waals surface area contributed by atoms with Crippen molar-refractivity contribution >= 4 is 16.6 Å². The van der Waals surface area contributed by atoms with Crippen LogP contribution < -0.4 is 5.56 Å². The van der Waals surface area contributed by atoms with E-state index in [1.54, 1.807) is 12.4 Å². The Morgan fingerprint density at radius 2 is 1.81 bits per heavy atom. The van der Waals surface area contributed by atoms with Crippen molar-refractivity contribution in [2.45, 2.75) is 6.92 Å². The second kappa shape index (κ2) is 5.46. The zero-order valence-corrected chi connectivity index (χ0v) is 14.2. The molecule has 0 saturated carbocycles. The molecule has 5 nitrogen and oxygen atoms in total. The number of hydrogen-bond donors (Lipinski definition) is 1. The average Bonchev–Trinajstić information content (AvgIpc) is 3.32. The summed E-state index contributed by atoms with van der Waals surface area (Å²) >= 11 is 0. The van der Waals surface area contributed by atoms with Crippen LogP contribution in [0.5, 0.6) is 0 Å². The molecule has 2 aromatic carbocycles. The topological polar surface area (TPSA) is 55.1 Å². The number of H-pyrrole nitrogens is 1. The summed E-state index contributed by atoms with van der Waals surface area (Å²) in [5.41, 5.74) is 6.19. The number of hydrogen-bond acceptors (Lipinski definition) is 2. The summed E-state index contributed by atoms with van der Waals surface area (Å²) in [5.74, 6) is 0. The predicted octanol–water partition coefficient (Wildman–Crippen LogP) is 3.94. The highest BCUT2D eigenvalue weighted by Crippen LogP contribution is 2.28. The van der Waals surface area contributed by atoms with Gasteiger partial charge < -0.3 is 9.55 Å². The number of nitrogens with one attached hydrogen (secondary N) is 1. The van der Waals surface area contributed by atoms with Crippen LogP contribution in [-0.2, 0) is 0 Å². The molecule has 5 heteroatoms. The van der Waals surface area contributed by atoms with Gasteiger partial charge in [0, 0.05) is 30.0 Å². The monoisotopic (exact) mass is 340 g/mol. The quantitative estimate of drug-likeness (QED) is 0.529. The van der Waals surface area contributed by atoms with Crippen molar-refractivity contribution in [1.82, 2.24) is 19.2 Å². The summed E-state index contributed by atoms with van der Waals surface area (Å²) in [4.78, 5) is 15.2. The summed E-state index contributed by atoms with van der Waals surface area (Å²) in [6.07, 6.45) is 5.40. The zero-order chi connectivity index (χ0) is 17.7. The Labute approximate surface area is 149 Å². The van der Waals surface area contributed by atoms with Gasteiger partial charge in [-0.1, -0.05) is 18.2 Å². The fourth-order valence-electron chi connectivity index (χ4n) is 3.42. The van der Waals surface area contributed by atoms with E-state index in [-0.39, 0.29) is 5.56 Å². The molecule has 0 atom stereocenters. The minimum Gasteiger partial charge on any atom is -0.361 e. The first-order valence-corrected chi connectivity index (χ1v) is 8.45. The fraction of sp³-hybridized carbons (Fsp3) is 0.0476. The Morgan fingerprint density at radius 1 is 0.962 bits per heavy atom. The van der Waals surface area contributed by atoms with Crippen LogP contribution in [0.2, 0.25) is 0 Å². The summed E-state index contributed by atoms with van der Waals surface area (Å²) in [6, 6.07) is 18.2. The number of fused-ring (bicyclic) bond motifs is 2. The highest BCUT2D eigenvalue weighted by atomic mass is 16.1. The van der Waals surface area contributed by atoms with E-state index in [9.17, 15) is 4.79 Å². The largest absolute Gasteiger partial charge is 0.361 e. The summed E-state index contributed by atoms with van der Waals surface area (Å²) in [6.45, 7) is 2.07. The lowest BCUT2D eigenvalue weighted by atomic mass is 10.0. The molecule has 0 amide bonds. The highest BCUT2D eigenvalue weighted by molar-refractivity contribution is 5.85. The van der Waals surface area contributed by atoms with Gasteiger partial charge in [0.15, 0.2) is 0 Å². The summed E-state index contributed by atoms with van der Waals surface area (Å²) < 4.78 is 3.42. The van der Waals surface area contributed by atoms with Gasteiger partial charge in [-0.15, -0.1) is 0 Å². The molecule has 0 bridgehead atoms. The van der Waals surface area contributed by atoms with Crippen molar-refractivity contribution in [2.24, 2.45) is 0 Å². The van der Waals surface area contributed by atoms with Crippen molar-refractivity contribution in [3.05, 3.63) is 89.1 Å². The Hall–Kier alpha value is -3.60. The van der Waals surface area contributed by atoms with Gasteiger partial charge >= 0.3 is 0 Å². The molecule has 0 unspecified atom stereocenters. The number of rotatable bonds is 2. The van der Waals surface area contributed by atoms with E-state index in [0.29, 0.717) is 0 Å². The maximum absolute atomic E-state index is 12.0. The van der Waals surface area contributed by atoms with Crippen molar-refractivity contribution < 1.29 is 0 Å². The smallest absolute Gasteiger partial charge is 0.274 e. The summed E-state index contributed by atoms with van der Waals surface area (Å²) in [5, 5.41) is 5.31. The molecular formula is C21H16N4O. The molecule has 5 aromatic rings. The number of aromatic amines is 1. The van der Waals surface area contributed by atoms with Crippen LogP contribution in [0.15, 0.2) is 78.0 Å². The molecule has 3 aromatic heterocycles. The van der Waals surface area contributed by atoms with Crippen LogP contribution in [0, 0.1) is 6.92 Å². The van der Waals surface area contributed by atoms with Crippen LogP contribution in [-0.4, -0.2) is 19.2 Å². The zero-order valence-electron chi connectivity index (χ0n) is 14.2. The standard InChI is InChI=1S/C21H16N4O/c1-14-2-3-16(15-4-5-18-17(12-15)6-9-22-18)13-19(14)24-11-8-21(26)25-20(24)7-10-23-25/h2-13,22H,1H3.